The molecule has 0 radical (unpaired) electrons. The molecule has 0 atom stereocenters. The van der Waals surface area contributed by atoms with E-state index in [9.17, 15) is 0 Å². The SMILES string of the molecule is C=CC=C.[C-]1=CC=CC1.[C-]1=CC=CC1.[Zr+2]. The molecule has 0 N–H and O–H groups in total. The van der Waals surface area contributed by atoms with Gasteiger partial charge in [-0.2, -0.15) is 12.2 Å². The first kappa shape index (κ1) is 16.7. The van der Waals surface area contributed by atoms with Gasteiger partial charge in [-0.1, -0.05) is 25.3 Å². The van der Waals surface area contributed by atoms with Crippen molar-refractivity contribution in [2.24, 2.45) is 0 Å². The van der Waals surface area contributed by atoms with Gasteiger partial charge in [0.25, 0.3) is 0 Å². The third-order valence-corrected chi connectivity index (χ3v) is 1.34. The summed E-state index contributed by atoms with van der Waals surface area (Å²) >= 11 is 0. The van der Waals surface area contributed by atoms with E-state index in [0.29, 0.717) is 0 Å². The summed E-state index contributed by atoms with van der Waals surface area (Å²) in [5.74, 6) is 0. The topological polar surface area (TPSA) is 0 Å². The predicted octanol–water partition coefficient (Wildman–Crippen LogP) is 3.97. The number of hydrogen-bond acceptors (Lipinski definition) is 0. The van der Waals surface area contributed by atoms with Crippen LogP contribution in [-0.2, 0) is 26.2 Å². The van der Waals surface area contributed by atoms with E-state index < -0.39 is 0 Å². The molecule has 1 heteroatoms. The standard InChI is InChI=1S/2C5H5.C4H6.Zr/c2*1-2-4-5-3-1;1-3-4-2;/h2*1-3H,4H2;3-4H,1-2H2;/q2*-1;;+2. The van der Waals surface area contributed by atoms with Crippen molar-refractivity contribution in [3.05, 3.63) is 73.9 Å². The maximum absolute atomic E-state index is 3.36. The van der Waals surface area contributed by atoms with Gasteiger partial charge in [-0.25, -0.2) is 24.3 Å². The molecule has 2 aliphatic carbocycles. The number of rotatable bonds is 1. The second-order valence-corrected chi connectivity index (χ2v) is 2.48. The average molecular weight is 276 g/mol. The van der Waals surface area contributed by atoms with Crippen molar-refractivity contribution in [3.63, 3.8) is 0 Å². The van der Waals surface area contributed by atoms with Gasteiger partial charge in [-0.3, -0.25) is 12.2 Å². The zero-order chi connectivity index (χ0) is 10.5. The minimum absolute atomic E-state index is 0. The zero-order valence-corrected chi connectivity index (χ0v) is 11.4. The Labute approximate surface area is 113 Å². The molecule has 0 spiro atoms. The maximum atomic E-state index is 3.36. The second-order valence-electron chi connectivity index (χ2n) is 2.48. The van der Waals surface area contributed by atoms with Crippen LogP contribution >= 0.6 is 0 Å². The van der Waals surface area contributed by atoms with Crippen molar-refractivity contribution in [1.29, 1.82) is 0 Å². The molecule has 0 unspecified atom stereocenters. The van der Waals surface area contributed by atoms with Crippen molar-refractivity contribution in [2.45, 2.75) is 12.8 Å². The van der Waals surface area contributed by atoms with Crippen LogP contribution in [-0.4, -0.2) is 0 Å². The molecule has 0 bridgehead atoms. The van der Waals surface area contributed by atoms with Crippen LogP contribution < -0.4 is 0 Å². The minimum Gasteiger partial charge on any atom is -0.273 e. The Morgan fingerprint density at radius 2 is 1.27 bits per heavy atom. The molecular weight excluding hydrogens is 259 g/mol. The van der Waals surface area contributed by atoms with Crippen molar-refractivity contribution < 1.29 is 26.2 Å². The first-order valence-corrected chi connectivity index (χ1v) is 4.58. The van der Waals surface area contributed by atoms with Crippen LogP contribution in [0.5, 0.6) is 0 Å². The summed E-state index contributed by atoms with van der Waals surface area (Å²) in [6.45, 7) is 6.72. The van der Waals surface area contributed by atoms with Crippen LogP contribution in [0.3, 0.4) is 0 Å². The summed E-state index contributed by atoms with van der Waals surface area (Å²) in [5.41, 5.74) is 0. The molecule has 0 aliphatic heterocycles. The van der Waals surface area contributed by atoms with Gasteiger partial charge >= 0.3 is 26.2 Å². The largest absolute Gasteiger partial charge is 2.00 e. The summed E-state index contributed by atoms with van der Waals surface area (Å²) in [7, 11) is 0. The van der Waals surface area contributed by atoms with Gasteiger partial charge in [-0.05, 0) is 0 Å². The summed E-state index contributed by atoms with van der Waals surface area (Å²) in [4.78, 5) is 0. The van der Waals surface area contributed by atoms with Crippen LogP contribution in [0.1, 0.15) is 12.8 Å². The van der Waals surface area contributed by atoms with Crippen molar-refractivity contribution >= 4 is 0 Å². The van der Waals surface area contributed by atoms with Gasteiger partial charge in [0.15, 0.2) is 0 Å². The molecule has 0 heterocycles. The van der Waals surface area contributed by atoms with Gasteiger partial charge in [0.2, 0.25) is 0 Å². The summed E-state index contributed by atoms with van der Waals surface area (Å²) in [6, 6.07) is 0. The van der Waals surface area contributed by atoms with Crippen LogP contribution in [0.4, 0.5) is 0 Å². The van der Waals surface area contributed by atoms with Crippen molar-refractivity contribution in [3.8, 4) is 0 Å². The Morgan fingerprint density at radius 1 is 0.867 bits per heavy atom. The molecule has 0 saturated heterocycles. The van der Waals surface area contributed by atoms with Crippen LogP contribution in [0, 0.1) is 12.2 Å². The molecule has 0 nitrogen and oxygen atoms in total. The van der Waals surface area contributed by atoms with E-state index in [0.717, 1.165) is 12.8 Å². The molecule has 0 aromatic heterocycles. The third kappa shape index (κ3) is 16.0. The molecule has 76 valence electrons. The average Bonchev–Trinajstić information content (AvgIpc) is 2.94. The van der Waals surface area contributed by atoms with Gasteiger partial charge in [0.1, 0.15) is 0 Å². The second kappa shape index (κ2) is 15.8. The van der Waals surface area contributed by atoms with E-state index in [2.05, 4.69) is 37.5 Å². The molecule has 2 aliphatic rings. The van der Waals surface area contributed by atoms with Crippen LogP contribution in [0.15, 0.2) is 61.8 Å². The van der Waals surface area contributed by atoms with E-state index in [1.54, 1.807) is 12.2 Å². The zero-order valence-electron chi connectivity index (χ0n) is 8.95. The number of hydrogen-bond donors (Lipinski definition) is 0. The van der Waals surface area contributed by atoms with E-state index in [-0.39, 0.29) is 26.2 Å². The Bertz CT molecular complexity index is 207. The fourth-order valence-corrected chi connectivity index (χ4v) is 0.680. The first-order valence-electron chi connectivity index (χ1n) is 4.58. The summed E-state index contributed by atoms with van der Waals surface area (Å²) in [5, 5.41) is 0. The van der Waals surface area contributed by atoms with Gasteiger partial charge in [0.05, 0.1) is 0 Å². The maximum Gasteiger partial charge on any atom is 2.00 e. The molecular formula is C14H16Zr. The minimum atomic E-state index is 0. The Kier molecular flexibility index (Phi) is 17.6. The molecule has 0 saturated carbocycles. The molecule has 15 heavy (non-hydrogen) atoms. The quantitative estimate of drug-likeness (QED) is 0.502. The molecule has 2 rings (SSSR count). The molecule has 0 aromatic carbocycles. The Morgan fingerprint density at radius 3 is 1.33 bits per heavy atom. The third-order valence-electron chi connectivity index (χ3n) is 1.34. The smallest absolute Gasteiger partial charge is 0.273 e. The summed E-state index contributed by atoms with van der Waals surface area (Å²) < 4.78 is 0. The Balaban J connectivity index is 0. The van der Waals surface area contributed by atoms with Crippen LogP contribution in [0.25, 0.3) is 0 Å². The summed E-state index contributed by atoms with van der Waals surface area (Å²) in [6.07, 6.45) is 23.3. The molecule has 0 fully saturated rings. The fraction of sp³-hybridized carbons (Fsp3) is 0.143. The van der Waals surface area contributed by atoms with Crippen LogP contribution in [0.2, 0.25) is 0 Å². The fourth-order valence-electron chi connectivity index (χ4n) is 0.680. The van der Waals surface area contributed by atoms with Gasteiger partial charge in [0, 0.05) is 0 Å². The Hall–Kier alpha value is -0.677. The van der Waals surface area contributed by atoms with Gasteiger partial charge < -0.3 is 0 Å². The first-order chi connectivity index (χ1) is 6.91. The van der Waals surface area contributed by atoms with E-state index in [1.165, 1.54) is 0 Å². The molecule has 0 amide bonds. The van der Waals surface area contributed by atoms with E-state index in [1.807, 2.05) is 24.3 Å². The van der Waals surface area contributed by atoms with E-state index >= 15 is 0 Å². The normalized spacial score (nSPS) is 13.1. The predicted molar refractivity (Wildman–Crippen MR) is 63.5 cm³/mol. The monoisotopic (exact) mass is 274 g/mol. The van der Waals surface area contributed by atoms with E-state index in [4.69, 9.17) is 0 Å². The van der Waals surface area contributed by atoms with Crippen molar-refractivity contribution in [1.82, 2.24) is 0 Å². The van der Waals surface area contributed by atoms with Gasteiger partial charge in [-0.15, -0.1) is 12.8 Å². The van der Waals surface area contributed by atoms with Crippen molar-refractivity contribution in [2.75, 3.05) is 0 Å². The number of allylic oxidation sites excluding steroid dienone is 10. The molecule has 0 aromatic rings.